The van der Waals surface area contributed by atoms with Crippen molar-refractivity contribution in [3.8, 4) is 71.2 Å². The first-order valence-corrected chi connectivity index (χ1v) is 36.7. The van der Waals surface area contributed by atoms with Crippen LogP contribution in [0.4, 0.5) is 94.9 Å². The summed E-state index contributed by atoms with van der Waals surface area (Å²) in [6.45, 7) is 7.90. The summed E-state index contributed by atoms with van der Waals surface area (Å²) in [7, 11) is 1.56. The predicted octanol–water partition coefficient (Wildman–Crippen LogP) is 14.7. The Morgan fingerprint density at radius 2 is 0.752 bits per heavy atom. The van der Waals surface area contributed by atoms with E-state index in [4.69, 9.17) is 74.3 Å². The van der Waals surface area contributed by atoms with Crippen LogP contribution in [0.5, 0.6) is 5.75 Å². The molecule has 12 aromatic rings. The van der Waals surface area contributed by atoms with Crippen LogP contribution < -0.4 is 68.5 Å². The van der Waals surface area contributed by atoms with Gasteiger partial charge in [0.1, 0.15) is 40.3 Å². The molecule has 6 aromatic heterocycles. The lowest BCUT2D eigenvalue weighted by molar-refractivity contribution is 0.122. The Bertz CT molecular complexity index is 5230. The highest BCUT2D eigenvalue weighted by Gasteiger charge is 2.27. The first-order chi connectivity index (χ1) is 52.9. The second kappa shape index (κ2) is 35.2. The summed E-state index contributed by atoms with van der Waals surface area (Å²) in [5.74, 6) is -0.688. The minimum atomic E-state index is -0.601. The van der Waals surface area contributed by atoms with Crippen molar-refractivity contribution in [3.05, 3.63) is 192 Å². The molecule has 0 atom stereocenters. The fraction of sp³-hybridized carbons (Fsp3) is 0.178. The van der Waals surface area contributed by atoms with Crippen LogP contribution in [0, 0.1) is 17.5 Å². The van der Waals surface area contributed by atoms with Gasteiger partial charge in [0.05, 0.1) is 95.5 Å². The van der Waals surface area contributed by atoms with Crippen LogP contribution >= 0.6 is 57.2 Å². The number of aromatic nitrogens is 9. The van der Waals surface area contributed by atoms with Crippen molar-refractivity contribution in [2.75, 3.05) is 150 Å². The Balaban J connectivity index is 0.000000144. The lowest BCUT2D eigenvalue weighted by Crippen LogP contribution is -2.36. The topological polar surface area (TPSA) is 364 Å². The van der Waals surface area contributed by atoms with Crippen molar-refractivity contribution in [2.24, 2.45) is 0 Å². The number of carbonyl (C=O) groups excluding carboxylic acids is 3. The Morgan fingerprint density at radius 3 is 1.08 bits per heavy atom. The summed E-state index contributed by atoms with van der Waals surface area (Å²) in [6, 6.07) is 37.0. The molecule has 3 aliphatic heterocycles. The number of thiazole rings is 3. The molecule has 0 unspecified atom stereocenters. The van der Waals surface area contributed by atoms with Gasteiger partial charge in [-0.05, 0) is 138 Å². The van der Waals surface area contributed by atoms with Crippen LogP contribution in [0.15, 0.2) is 164 Å². The van der Waals surface area contributed by atoms with Crippen LogP contribution in [0.25, 0.3) is 65.5 Å². The number of nitrogens with two attached hydrogens (primary N) is 3. The van der Waals surface area contributed by atoms with Crippen molar-refractivity contribution in [2.45, 2.75) is 0 Å². The summed E-state index contributed by atoms with van der Waals surface area (Å²) < 4.78 is 65.6. The number of halogens is 5. The molecular formula is C73H66Cl2F3N21O7S3. The van der Waals surface area contributed by atoms with Gasteiger partial charge in [0.2, 0.25) is 17.8 Å². The number of nitrogens with one attached hydrogen (secondary N) is 6. The van der Waals surface area contributed by atoms with E-state index in [0.717, 1.165) is 30.0 Å². The fourth-order valence-corrected chi connectivity index (χ4v) is 14.8. The van der Waals surface area contributed by atoms with E-state index in [2.05, 4.69) is 76.5 Å². The van der Waals surface area contributed by atoms with E-state index in [1.807, 2.05) is 0 Å². The van der Waals surface area contributed by atoms with E-state index in [1.165, 1.54) is 52.2 Å². The largest absolute Gasteiger partial charge is 0.497 e. The molecule has 3 saturated heterocycles. The van der Waals surface area contributed by atoms with E-state index in [-0.39, 0.29) is 34.9 Å². The summed E-state index contributed by atoms with van der Waals surface area (Å²) in [4.78, 5) is 85.8. The fourth-order valence-electron chi connectivity index (χ4n) is 11.1. The van der Waals surface area contributed by atoms with Crippen LogP contribution in [0.2, 0.25) is 10.0 Å². The molecule has 36 heteroatoms. The van der Waals surface area contributed by atoms with Crippen LogP contribution in [0.3, 0.4) is 0 Å². The van der Waals surface area contributed by atoms with Crippen LogP contribution in [0.1, 0.15) is 0 Å². The van der Waals surface area contributed by atoms with Crippen molar-refractivity contribution in [1.82, 2.24) is 44.9 Å². The average Bonchev–Trinajstić information content (AvgIpc) is 1.66. The van der Waals surface area contributed by atoms with Gasteiger partial charge in [-0.15, -0.1) is 0 Å². The molecule has 0 aliphatic carbocycles. The molecule has 0 bridgehead atoms. The lowest BCUT2D eigenvalue weighted by Gasteiger charge is -2.26. The standard InChI is InChI=1S/C25H24FN7O3S.2C24H21ClFN7O2S/c1-35-17-5-3-16(4-6-17)29-24(34)31-20-14-15(2-7-18(20)26)22-21(19-8-9-28-23(27)30-19)32-25(37-22)33-10-12-36-13-11-33;25-15-2-4-16(5-3-15)29-23(34)31-19-13-14(1-6-17(19)26)21-20(18-7-8-28-22(27)30-18)32-24(36-21)33-9-11-35-12-10-33;25-15-2-1-3-16(13-15)29-23(34)31-19-12-14(4-5-17(19)26)21-20(18-6-7-28-22(27)30-18)32-24(36-21)33-8-10-35-11-9-33/h2-9,14H,10-13H2,1H3,(H2,27,28,30)(H2,29,31,34);1-8,13H,9-12H2,(H2,27,28,30)(H2,29,31,34);1-7,12-13H,8-11H2,(H2,27,28,30)(H2,29,31,34). The number of nitrogens with zero attached hydrogens (tertiary/aromatic N) is 12. The van der Waals surface area contributed by atoms with Gasteiger partial charge in [0.15, 0.2) is 15.4 Å². The maximum Gasteiger partial charge on any atom is 0.323 e. The van der Waals surface area contributed by atoms with Crippen molar-refractivity contribution in [1.29, 1.82) is 0 Å². The number of morpholine rings is 3. The number of amides is 6. The van der Waals surface area contributed by atoms with E-state index in [0.29, 0.717) is 163 Å². The Labute approximate surface area is 642 Å². The van der Waals surface area contributed by atoms with Crippen molar-refractivity contribution >= 4 is 143 Å². The number of hydrogen-bond donors (Lipinski definition) is 9. The molecule has 558 valence electrons. The van der Waals surface area contributed by atoms with Gasteiger partial charge < -0.3 is 82.7 Å². The average molecular weight is 1570 g/mol. The van der Waals surface area contributed by atoms with E-state index in [9.17, 15) is 27.6 Å². The molecule has 28 nitrogen and oxygen atoms in total. The summed E-state index contributed by atoms with van der Waals surface area (Å²) in [6.07, 6.45) is 4.69. The number of hydrogen-bond acceptors (Lipinski definition) is 25. The number of carbonyl (C=O) groups is 3. The van der Waals surface area contributed by atoms with Gasteiger partial charge in [-0.3, -0.25) is 0 Å². The van der Waals surface area contributed by atoms with Gasteiger partial charge in [-0.1, -0.05) is 81.5 Å². The molecule has 0 saturated carbocycles. The number of rotatable bonds is 16. The normalized spacial score (nSPS) is 13.4. The van der Waals surface area contributed by atoms with Gasteiger partial charge in [-0.2, -0.15) is 0 Å². The minimum absolute atomic E-state index is 0.0153. The minimum Gasteiger partial charge on any atom is -0.497 e. The lowest BCUT2D eigenvalue weighted by atomic mass is 10.1. The third kappa shape index (κ3) is 19.5. The number of nitrogen functional groups attached to an aromatic ring is 3. The Kier molecular flexibility index (Phi) is 24.3. The quantitative estimate of drug-likeness (QED) is 0.0434. The Hall–Kier alpha value is -11.9. The molecule has 0 spiro atoms. The smallest absolute Gasteiger partial charge is 0.323 e. The van der Waals surface area contributed by atoms with E-state index >= 15 is 0 Å². The third-order valence-corrected chi connectivity index (χ3v) is 20.4. The summed E-state index contributed by atoms with van der Waals surface area (Å²) >= 11 is 16.2. The molecule has 0 radical (unpaired) electrons. The van der Waals surface area contributed by atoms with Gasteiger partial charge >= 0.3 is 18.1 Å². The Morgan fingerprint density at radius 1 is 0.413 bits per heavy atom. The highest BCUT2D eigenvalue weighted by Crippen LogP contribution is 2.45. The molecular weight excluding hydrogens is 1510 g/mol. The first kappa shape index (κ1) is 75.3. The number of anilines is 12. The van der Waals surface area contributed by atoms with Crippen LogP contribution in [-0.2, 0) is 14.2 Å². The molecule has 3 aliphatic rings. The number of urea groups is 3. The highest BCUT2D eigenvalue weighted by atomic mass is 35.5. The van der Waals surface area contributed by atoms with Crippen molar-refractivity contribution < 1.29 is 46.5 Å². The zero-order chi connectivity index (χ0) is 75.9. The van der Waals surface area contributed by atoms with Gasteiger partial charge in [0, 0.05) is 85.0 Å². The molecule has 109 heavy (non-hydrogen) atoms. The highest BCUT2D eigenvalue weighted by molar-refractivity contribution is 7.20. The van der Waals surface area contributed by atoms with E-state index in [1.54, 1.807) is 153 Å². The predicted molar refractivity (Wildman–Crippen MR) is 422 cm³/mol. The third-order valence-electron chi connectivity index (χ3n) is 16.4. The molecule has 6 aromatic carbocycles. The number of benzene rings is 6. The maximum absolute atomic E-state index is 14.7. The second-order valence-corrected chi connectivity index (χ2v) is 27.6. The van der Waals surface area contributed by atoms with E-state index < -0.39 is 35.5 Å². The molecule has 9 heterocycles. The summed E-state index contributed by atoms with van der Waals surface area (Å²) in [5, 5.41) is 19.1. The zero-order valence-electron chi connectivity index (χ0n) is 57.6. The molecule has 6 amide bonds. The molecule has 15 rings (SSSR count). The summed E-state index contributed by atoms with van der Waals surface area (Å²) in [5.41, 5.74) is 24.5. The zero-order valence-corrected chi connectivity index (χ0v) is 61.6. The molecule has 3 fully saturated rings. The maximum atomic E-state index is 14.7. The van der Waals surface area contributed by atoms with Crippen molar-refractivity contribution in [3.63, 3.8) is 0 Å². The SMILES string of the molecule is COc1ccc(NC(=O)Nc2cc(-c3sc(N4CCOCC4)nc3-c3ccnc(N)n3)ccc2F)cc1.Nc1nccc(-c2nc(N3CCOCC3)sc2-c2ccc(F)c(NC(=O)Nc3ccc(Cl)cc3)c2)n1.Nc1nccc(-c2nc(N3CCOCC3)sc2-c2ccc(F)c(NC(=O)Nc3cccc(Cl)c3)c2)n1. The number of ether oxygens (including phenoxy) is 4. The van der Waals surface area contributed by atoms with Gasteiger partial charge in [-0.25, -0.2) is 72.4 Å². The second-order valence-electron chi connectivity index (χ2n) is 23.8. The first-order valence-electron chi connectivity index (χ1n) is 33.5. The monoisotopic (exact) mass is 1570 g/mol. The number of methoxy groups -OCH3 is 1. The van der Waals surface area contributed by atoms with Crippen LogP contribution in [-0.4, -0.2) is 149 Å². The molecule has 12 N–H and O–H groups in total. The van der Waals surface area contributed by atoms with Gasteiger partial charge in [0.25, 0.3) is 0 Å².